The van der Waals surface area contributed by atoms with Crippen LogP contribution in [0.4, 0.5) is 4.39 Å². The largest absolute Gasteiger partial charge is 0.494 e. The number of carbonyl (C=O) groups is 2. The lowest BCUT2D eigenvalue weighted by atomic mass is 10.0. The Morgan fingerprint density at radius 2 is 1.52 bits per heavy atom. The van der Waals surface area contributed by atoms with Crippen LogP contribution in [0.3, 0.4) is 0 Å². The molecule has 208 valence electrons. The molecule has 0 bridgehead atoms. The van der Waals surface area contributed by atoms with Crippen molar-refractivity contribution in [3.63, 3.8) is 0 Å². The van der Waals surface area contributed by atoms with Gasteiger partial charge in [0.1, 0.15) is 23.9 Å². The molecule has 8 heteroatoms. The van der Waals surface area contributed by atoms with Crippen molar-refractivity contribution < 1.29 is 33.7 Å². The molecule has 0 aliphatic rings. The number of para-hydroxylation sites is 2. The maximum atomic E-state index is 14.9. The number of carboxylic acids is 2. The highest BCUT2D eigenvalue weighted by Gasteiger charge is 2.14. The number of fused-ring (bicyclic) bond motifs is 1. The molecule has 0 saturated carbocycles. The molecule has 0 fully saturated rings. The average molecular weight is 546 g/mol. The summed E-state index contributed by atoms with van der Waals surface area (Å²) in [5.74, 6) is -1.01. The van der Waals surface area contributed by atoms with Crippen LogP contribution in [0.1, 0.15) is 42.4 Å². The fourth-order valence-electron chi connectivity index (χ4n) is 4.51. The van der Waals surface area contributed by atoms with Crippen LogP contribution in [-0.2, 0) is 22.6 Å². The normalized spacial score (nSPS) is 11.2. The Kier molecular flexibility index (Phi) is 9.93. The standard InChI is InChI=1S/C32H32FNO6/c33-29-20-27(40-19-5-4-18-39-26-10-2-1-3-11-26)17-16-23(29)14-15-24-8-6-12-28-25(9-7-13-30(35)36)21-34(32(24)28)22-31(37)38/h1-3,6,8,10-12,14-17,20-21H,4-5,7,9,13,18-19,22H2,(H,35,36)(H,37,38)/b15-14+. The molecule has 1 heterocycles. The van der Waals surface area contributed by atoms with E-state index in [1.165, 1.54) is 6.07 Å². The molecule has 40 heavy (non-hydrogen) atoms. The van der Waals surface area contributed by atoms with Gasteiger partial charge in [-0.3, -0.25) is 9.59 Å². The van der Waals surface area contributed by atoms with E-state index >= 15 is 0 Å². The number of rotatable bonds is 15. The number of aryl methyl sites for hydroxylation is 1. The third kappa shape index (κ3) is 7.96. The Labute approximate surface area is 232 Å². The topological polar surface area (TPSA) is 98.0 Å². The van der Waals surface area contributed by atoms with Crippen LogP contribution in [0.15, 0.2) is 72.9 Å². The number of aliphatic carboxylic acids is 2. The zero-order valence-corrected chi connectivity index (χ0v) is 22.1. The number of carboxylic acid groups (broad SMARTS) is 2. The van der Waals surface area contributed by atoms with E-state index in [1.54, 1.807) is 35.0 Å². The fraction of sp³-hybridized carbons (Fsp3) is 0.250. The van der Waals surface area contributed by atoms with Gasteiger partial charge in [-0.05, 0) is 61.1 Å². The monoisotopic (exact) mass is 545 g/mol. The minimum atomic E-state index is -0.988. The lowest BCUT2D eigenvalue weighted by molar-refractivity contribution is -0.138. The van der Waals surface area contributed by atoms with Gasteiger partial charge in [-0.25, -0.2) is 4.39 Å². The average Bonchev–Trinajstić information content (AvgIpc) is 3.27. The molecular formula is C32H32FNO6. The molecule has 7 nitrogen and oxygen atoms in total. The predicted molar refractivity (Wildman–Crippen MR) is 152 cm³/mol. The molecule has 0 radical (unpaired) electrons. The second-order valence-electron chi connectivity index (χ2n) is 9.40. The molecule has 1 aromatic heterocycles. The van der Waals surface area contributed by atoms with Crippen LogP contribution in [0.2, 0.25) is 0 Å². The molecular weight excluding hydrogens is 513 g/mol. The van der Waals surface area contributed by atoms with E-state index in [1.807, 2.05) is 48.5 Å². The highest BCUT2D eigenvalue weighted by atomic mass is 19.1. The molecule has 0 spiro atoms. The Bertz CT molecular complexity index is 1480. The number of hydrogen-bond acceptors (Lipinski definition) is 4. The summed E-state index contributed by atoms with van der Waals surface area (Å²) in [4.78, 5) is 22.4. The van der Waals surface area contributed by atoms with Crippen LogP contribution >= 0.6 is 0 Å². The summed E-state index contributed by atoms with van der Waals surface area (Å²) in [5, 5.41) is 19.2. The summed E-state index contributed by atoms with van der Waals surface area (Å²) in [6.07, 6.45) is 7.75. The highest BCUT2D eigenvalue weighted by molar-refractivity contribution is 5.94. The number of aromatic nitrogens is 1. The third-order valence-corrected chi connectivity index (χ3v) is 6.39. The van der Waals surface area contributed by atoms with E-state index in [9.17, 15) is 19.1 Å². The van der Waals surface area contributed by atoms with Crippen molar-refractivity contribution in [2.75, 3.05) is 13.2 Å². The maximum absolute atomic E-state index is 14.9. The minimum absolute atomic E-state index is 0.0346. The number of ether oxygens (including phenoxy) is 2. The van der Waals surface area contributed by atoms with E-state index < -0.39 is 17.8 Å². The quantitative estimate of drug-likeness (QED) is 0.128. The first kappa shape index (κ1) is 28.4. The molecule has 0 aliphatic carbocycles. The third-order valence-electron chi connectivity index (χ3n) is 6.39. The van der Waals surface area contributed by atoms with Gasteiger partial charge in [0.15, 0.2) is 0 Å². The number of nitrogens with zero attached hydrogens (tertiary/aromatic N) is 1. The van der Waals surface area contributed by atoms with E-state index in [0.717, 1.165) is 35.1 Å². The first-order valence-corrected chi connectivity index (χ1v) is 13.2. The highest BCUT2D eigenvalue weighted by Crippen LogP contribution is 2.28. The summed E-state index contributed by atoms with van der Waals surface area (Å²) >= 11 is 0. The van der Waals surface area contributed by atoms with Crippen molar-refractivity contribution in [2.45, 2.75) is 38.6 Å². The van der Waals surface area contributed by atoms with Crippen LogP contribution < -0.4 is 9.47 Å². The second-order valence-corrected chi connectivity index (χ2v) is 9.40. The minimum Gasteiger partial charge on any atom is -0.494 e. The zero-order valence-electron chi connectivity index (χ0n) is 22.1. The van der Waals surface area contributed by atoms with Crippen molar-refractivity contribution in [3.05, 3.63) is 95.4 Å². The van der Waals surface area contributed by atoms with Crippen LogP contribution in [0, 0.1) is 5.82 Å². The van der Waals surface area contributed by atoms with Crippen LogP contribution in [-0.4, -0.2) is 39.9 Å². The molecule has 4 aromatic rings. The summed E-state index contributed by atoms with van der Waals surface area (Å²) in [7, 11) is 0. The van der Waals surface area contributed by atoms with Gasteiger partial charge in [0.25, 0.3) is 0 Å². The van der Waals surface area contributed by atoms with Gasteiger partial charge in [-0.2, -0.15) is 0 Å². The number of halogens is 1. The van der Waals surface area contributed by atoms with Crippen molar-refractivity contribution in [2.24, 2.45) is 0 Å². The van der Waals surface area contributed by atoms with Crippen molar-refractivity contribution in [3.8, 4) is 11.5 Å². The fourth-order valence-corrected chi connectivity index (χ4v) is 4.51. The Morgan fingerprint density at radius 1 is 0.800 bits per heavy atom. The Hall–Kier alpha value is -4.59. The molecule has 0 amide bonds. The van der Waals surface area contributed by atoms with E-state index in [2.05, 4.69) is 0 Å². The molecule has 3 aromatic carbocycles. The van der Waals surface area contributed by atoms with Gasteiger partial charge in [-0.15, -0.1) is 0 Å². The summed E-state index contributed by atoms with van der Waals surface area (Å²) in [6.45, 7) is 0.793. The molecule has 0 unspecified atom stereocenters. The maximum Gasteiger partial charge on any atom is 0.323 e. The van der Waals surface area contributed by atoms with Gasteiger partial charge in [0.05, 0.1) is 18.7 Å². The lowest BCUT2D eigenvalue weighted by Crippen LogP contribution is -2.07. The van der Waals surface area contributed by atoms with Crippen LogP contribution in [0.25, 0.3) is 23.1 Å². The summed E-state index contributed by atoms with van der Waals surface area (Å²) in [6, 6.07) is 19.9. The molecule has 0 atom stereocenters. The smallest absolute Gasteiger partial charge is 0.323 e. The van der Waals surface area contributed by atoms with E-state index in [0.29, 0.717) is 42.9 Å². The van der Waals surface area contributed by atoms with Crippen molar-refractivity contribution in [1.29, 1.82) is 0 Å². The number of unbranched alkanes of at least 4 members (excludes halogenated alkanes) is 1. The molecule has 4 rings (SSSR count). The first-order valence-electron chi connectivity index (χ1n) is 13.2. The van der Waals surface area contributed by atoms with E-state index in [4.69, 9.17) is 14.6 Å². The summed E-state index contributed by atoms with van der Waals surface area (Å²) < 4.78 is 27.9. The molecule has 2 N–H and O–H groups in total. The Balaban J connectivity index is 1.40. The van der Waals surface area contributed by atoms with E-state index in [-0.39, 0.29) is 13.0 Å². The van der Waals surface area contributed by atoms with Crippen molar-refractivity contribution in [1.82, 2.24) is 4.57 Å². The Morgan fingerprint density at radius 3 is 2.23 bits per heavy atom. The first-order chi connectivity index (χ1) is 19.4. The summed E-state index contributed by atoms with van der Waals surface area (Å²) in [5.41, 5.74) is 2.70. The zero-order chi connectivity index (χ0) is 28.3. The lowest BCUT2D eigenvalue weighted by Gasteiger charge is -2.09. The van der Waals surface area contributed by atoms with Gasteiger partial charge < -0.3 is 24.3 Å². The second kappa shape index (κ2) is 14.0. The predicted octanol–water partition coefficient (Wildman–Crippen LogP) is 6.68. The van der Waals surface area contributed by atoms with Gasteiger partial charge in [0, 0.05) is 29.6 Å². The van der Waals surface area contributed by atoms with Crippen LogP contribution in [0.5, 0.6) is 11.5 Å². The number of benzene rings is 3. The van der Waals surface area contributed by atoms with Gasteiger partial charge >= 0.3 is 11.9 Å². The van der Waals surface area contributed by atoms with Crippen molar-refractivity contribution >= 4 is 35.0 Å². The SMILES string of the molecule is O=C(O)CCCc1cn(CC(=O)O)c2c(/C=C/c3ccc(OCCCCOc4ccccc4)cc3F)cccc12. The molecule has 0 saturated heterocycles. The number of hydrogen-bond donors (Lipinski definition) is 2. The van der Waals surface area contributed by atoms with Gasteiger partial charge in [-0.1, -0.05) is 48.6 Å². The van der Waals surface area contributed by atoms with Gasteiger partial charge in [0.2, 0.25) is 0 Å². The molecule has 0 aliphatic heterocycles.